The van der Waals surface area contributed by atoms with Gasteiger partial charge in [-0.05, 0) is 41.8 Å². The van der Waals surface area contributed by atoms with Gasteiger partial charge in [-0.1, -0.05) is 54.0 Å². The molecule has 2 aromatic carbocycles. The van der Waals surface area contributed by atoms with Crippen LogP contribution >= 0.6 is 15.9 Å². The first-order valence-electron chi connectivity index (χ1n) is 8.35. The van der Waals surface area contributed by atoms with Crippen molar-refractivity contribution in [3.05, 3.63) is 64.1 Å². The molecular weight excluding hydrogens is 380 g/mol. The Labute approximate surface area is 157 Å². The Morgan fingerprint density at radius 3 is 2.40 bits per heavy atom. The van der Waals surface area contributed by atoms with Crippen LogP contribution in [0, 0.1) is 5.92 Å². The van der Waals surface area contributed by atoms with E-state index in [1.54, 1.807) is 0 Å². The maximum Gasteiger partial charge on any atom is 0.226 e. The molecule has 132 valence electrons. The van der Waals surface area contributed by atoms with E-state index in [0.717, 1.165) is 21.3 Å². The molecule has 0 radical (unpaired) electrons. The van der Waals surface area contributed by atoms with Crippen molar-refractivity contribution in [3.8, 4) is 0 Å². The molecule has 0 aliphatic heterocycles. The van der Waals surface area contributed by atoms with Crippen molar-refractivity contribution in [3.63, 3.8) is 0 Å². The Hall–Kier alpha value is -2.14. The van der Waals surface area contributed by atoms with E-state index < -0.39 is 0 Å². The molecule has 0 heterocycles. The topological polar surface area (TPSA) is 58.2 Å². The Morgan fingerprint density at radius 2 is 1.76 bits per heavy atom. The highest BCUT2D eigenvalue weighted by Gasteiger charge is 2.07. The van der Waals surface area contributed by atoms with Gasteiger partial charge in [-0.15, -0.1) is 0 Å². The number of carbonyl (C=O) groups is 2. The van der Waals surface area contributed by atoms with Gasteiger partial charge in [0.05, 0.1) is 0 Å². The van der Waals surface area contributed by atoms with Gasteiger partial charge in [0.1, 0.15) is 0 Å². The standard InChI is InChI=1S/C20H23BrN2O2/c1-14(2)20(25)23-18-9-6-16(7-10-18)13-22-19(24)11-8-15-4-3-5-17(21)12-15/h3-7,9-10,12,14H,8,11,13H2,1-2H3,(H,22,24)(H,23,25). The first-order chi connectivity index (χ1) is 11.9. The van der Waals surface area contributed by atoms with Gasteiger partial charge in [0.2, 0.25) is 11.8 Å². The Bertz CT molecular complexity index is 727. The van der Waals surface area contributed by atoms with Gasteiger partial charge >= 0.3 is 0 Å². The van der Waals surface area contributed by atoms with E-state index >= 15 is 0 Å². The summed E-state index contributed by atoms with van der Waals surface area (Å²) in [5, 5.41) is 5.77. The van der Waals surface area contributed by atoms with Gasteiger partial charge in [0.25, 0.3) is 0 Å². The molecule has 0 spiro atoms. The third-order valence-corrected chi connectivity index (χ3v) is 4.26. The SMILES string of the molecule is CC(C)C(=O)Nc1ccc(CNC(=O)CCc2cccc(Br)c2)cc1. The lowest BCUT2D eigenvalue weighted by molar-refractivity contribution is -0.121. The van der Waals surface area contributed by atoms with Crippen LogP contribution in [0.2, 0.25) is 0 Å². The van der Waals surface area contributed by atoms with E-state index in [1.165, 1.54) is 0 Å². The molecule has 2 aromatic rings. The summed E-state index contributed by atoms with van der Waals surface area (Å²) in [6, 6.07) is 15.5. The lowest BCUT2D eigenvalue weighted by Gasteiger charge is -2.09. The molecule has 4 nitrogen and oxygen atoms in total. The normalized spacial score (nSPS) is 10.6. The van der Waals surface area contributed by atoms with Crippen LogP contribution in [0.5, 0.6) is 0 Å². The molecule has 2 N–H and O–H groups in total. The minimum absolute atomic E-state index is 0.00592. The van der Waals surface area contributed by atoms with Gasteiger partial charge in [-0.25, -0.2) is 0 Å². The van der Waals surface area contributed by atoms with E-state index in [2.05, 4.69) is 26.6 Å². The van der Waals surface area contributed by atoms with E-state index in [0.29, 0.717) is 19.4 Å². The molecule has 2 amide bonds. The van der Waals surface area contributed by atoms with Crippen molar-refractivity contribution in [2.45, 2.75) is 33.2 Å². The van der Waals surface area contributed by atoms with Crippen molar-refractivity contribution < 1.29 is 9.59 Å². The Balaban J connectivity index is 1.76. The zero-order chi connectivity index (χ0) is 18.2. The predicted octanol–water partition coefficient (Wildman–Crippen LogP) is 4.29. The average molecular weight is 403 g/mol. The molecular formula is C20H23BrN2O2. The van der Waals surface area contributed by atoms with E-state index in [1.807, 2.05) is 62.4 Å². The summed E-state index contributed by atoms with van der Waals surface area (Å²) in [6.07, 6.45) is 1.17. The minimum atomic E-state index is -0.0517. The number of hydrogen-bond acceptors (Lipinski definition) is 2. The number of hydrogen-bond donors (Lipinski definition) is 2. The van der Waals surface area contributed by atoms with Gasteiger partial charge in [0, 0.05) is 29.0 Å². The summed E-state index contributed by atoms with van der Waals surface area (Å²) in [5.74, 6) is -0.0324. The van der Waals surface area contributed by atoms with E-state index in [-0.39, 0.29) is 17.7 Å². The summed E-state index contributed by atoms with van der Waals surface area (Å²) >= 11 is 3.43. The predicted molar refractivity (Wildman–Crippen MR) is 104 cm³/mol. The van der Waals surface area contributed by atoms with Crippen LogP contribution in [-0.2, 0) is 22.6 Å². The number of carbonyl (C=O) groups excluding carboxylic acids is 2. The summed E-state index contributed by atoms with van der Waals surface area (Å²) in [4.78, 5) is 23.6. The molecule has 25 heavy (non-hydrogen) atoms. The molecule has 0 fully saturated rings. The van der Waals surface area contributed by atoms with Crippen LogP contribution in [0.4, 0.5) is 5.69 Å². The fraction of sp³-hybridized carbons (Fsp3) is 0.300. The number of aryl methyl sites for hydroxylation is 1. The Kier molecular flexibility index (Phi) is 7.19. The van der Waals surface area contributed by atoms with Crippen LogP contribution in [0.25, 0.3) is 0 Å². The fourth-order valence-electron chi connectivity index (χ4n) is 2.23. The second-order valence-electron chi connectivity index (χ2n) is 6.25. The number of anilines is 1. The van der Waals surface area contributed by atoms with Crippen molar-refractivity contribution in [2.24, 2.45) is 5.92 Å². The zero-order valence-corrected chi connectivity index (χ0v) is 16.1. The van der Waals surface area contributed by atoms with E-state index in [9.17, 15) is 9.59 Å². The maximum absolute atomic E-state index is 12.0. The molecule has 0 bridgehead atoms. The smallest absolute Gasteiger partial charge is 0.226 e. The van der Waals surface area contributed by atoms with Gasteiger partial charge in [0.15, 0.2) is 0 Å². The minimum Gasteiger partial charge on any atom is -0.352 e. The summed E-state index contributed by atoms with van der Waals surface area (Å²) in [6.45, 7) is 4.19. The number of benzene rings is 2. The van der Waals surface area contributed by atoms with Gasteiger partial charge in [-0.2, -0.15) is 0 Å². The molecule has 0 aliphatic carbocycles. The number of amides is 2. The highest BCUT2D eigenvalue weighted by atomic mass is 79.9. The average Bonchev–Trinajstić information content (AvgIpc) is 2.59. The number of rotatable bonds is 7. The van der Waals surface area contributed by atoms with Crippen LogP contribution < -0.4 is 10.6 Å². The lowest BCUT2D eigenvalue weighted by Crippen LogP contribution is -2.23. The molecule has 0 aliphatic rings. The largest absolute Gasteiger partial charge is 0.352 e. The van der Waals surface area contributed by atoms with Crippen LogP contribution in [0.3, 0.4) is 0 Å². The fourth-order valence-corrected chi connectivity index (χ4v) is 2.68. The molecule has 0 atom stereocenters. The second-order valence-corrected chi connectivity index (χ2v) is 7.16. The zero-order valence-electron chi connectivity index (χ0n) is 14.5. The van der Waals surface area contributed by atoms with Crippen molar-refractivity contribution >= 4 is 33.4 Å². The van der Waals surface area contributed by atoms with Gasteiger partial charge in [-0.3, -0.25) is 9.59 Å². The van der Waals surface area contributed by atoms with Crippen molar-refractivity contribution in [1.29, 1.82) is 0 Å². The first kappa shape index (κ1) is 19.2. The molecule has 0 saturated carbocycles. The lowest BCUT2D eigenvalue weighted by atomic mass is 10.1. The summed E-state index contributed by atoms with van der Waals surface area (Å²) in [7, 11) is 0. The Morgan fingerprint density at radius 1 is 1.04 bits per heavy atom. The highest BCUT2D eigenvalue weighted by molar-refractivity contribution is 9.10. The number of halogens is 1. The van der Waals surface area contributed by atoms with Crippen molar-refractivity contribution in [1.82, 2.24) is 5.32 Å². The third kappa shape index (κ3) is 6.70. The van der Waals surface area contributed by atoms with Crippen LogP contribution in [0.15, 0.2) is 53.0 Å². The molecule has 0 aromatic heterocycles. The van der Waals surface area contributed by atoms with Crippen LogP contribution in [-0.4, -0.2) is 11.8 Å². The molecule has 5 heteroatoms. The summed E-state index contributed by atoms with van der Waals surface area (Å²) < 4.78 is 1.02. The maximum atomic E-state index is 12.0. The summed E-state index contributed by atoms with van der Waals surface area (Å²) in [5.41, 5.74) is 2.90. The molecule has 2 rings (SSSR count). The second kappa shape index (κ2) is 9.37. The van der Waals surface area contributed by atoms with E-state index in [4.69, 9.17) is 0 Å². The first-order valence-corrected chi connectivity index (χ1v) is 9.14. The highest BCUT2D eigenvalue weighted by Crippen LogP contribution is 2.13. The molecule has 0 saturated heterocycles. The molecule has 0 unspecified atom stereocenters. The van der Waals surface area contributed by atoms with Gasteiger partial charge < -0.3 is 10.6 Å². The van der Waals surface area contributed by atoms with Crippen molar-refractivity contribution in [2.75, 3.05) is 5.32 Å². The monoisotopic (exact) mass is 402 g/mol. The van der Waals surface area contributed by atoms with Crippen LogP contribution in [0.1, 0.15) is 31.4 Å². The third-order valence-electron chi connectivity index (χ3n) is 3.77. The number of nitrogens with one attached hydrogen (secondary N) is 2. The quantitative estimate of drug-likeness (QED) is 0.725.